The third-order valence-corrected chi connectivity index (χ3v) is 3.60. The van der Waals surface area contributed by atoms with Crippen molar-refractivity contribution in [3.63, 3.8) is 0 Å². The highest BCUT2D eigenvalue weighted by molar-refractivity contribution is 5.77. The molecule has 0 aromatic heterocycles. The van der Waals surface area contributed by atoms with Crippen molar-refractivity contribution in [2.45, 2.75) is 24.9 Å². The van der Waals surface area contributed by atoms with Gasteiger partial charge in [-0.3, -0.25) is 4.79 Å². The summed E-state index contributed by atoms with van der Waals surface area (Å²) in [7, 11) is 0. The maximum atomic E-state index is 13.0. The van der Waals surface area contributed by atoms with Gasteiger partial charge < -0.3 is 9.84 Å². The number of carbonyl (C=O) groups is 1. The first-order chi connectivity index (χ1) is 9.41. The molecule has 1 aromatic carbocycles. The van der Waals surface area contributed by atoms with E-state index < -0.39 is 23.6 Å². The summed E-state index contributed by atoms with van der Waals surface area (Å²) in [6, 6.07) is 4.91. The first kappa shape index (κ1) is 14.8. The zero-order valence-corrected chi connectivity index (χ0v) is 10.7. The number of carboxylic acid groups (broad SMARTS) is 1. The van der Waals surface area contributed by atoms with Crippen molar-refractivity contribution in [2.75, 3.05) is 13.2 Å². The first-order valence-corrected chi connectivity index (χ1v) is 6.38. The van der Waals surface area contributed by atoms with E-state index in [4.69, 9.17) is 4.74 Å². The molecule has 3 nitrogen and oxygen atoms in total. The lowest BCUT2D eigenvalue weighted by atomic mass is 9.79. The fraction of sp³-hybridized carbons (Fsp3) is 0.500. The lowest BCUT2D eigenvalue weighted by Gasteiger charge is -2.29. The number of hydrogen-bond donors (Lipinski definition) is 1. The largest absolute Gasteiger partial charge is 0.481 e. The SMILES string of the molecule is O=C(O)C(c1ccccc1C(F)(F)F)C1CCOCC1. The lowest BCUT2D eigenvalue weighted by molar-refractivity contribution is -0.143. The van der Waals surface area contributed by atoms with Crippen LogP contribution in [0.4, 0.5) is 13.2 Å². The van der Waals surface area contributed by atoms with Gasteiger partial charge in [0, 0.05) is 13.2 Å². The Kier molecular flexibility index (Phi) is 4.32. The molecule has 20 heavy (non-hydrogen) atoms. The van der Waals surface area contributed by atoms with Gasteiger partial charge in [0.15, 0.2) is 0 Å². The Morgan fingerprint density at radius 2 is 1.85 bits per heavy atom. The molecule has 1 saturated heterocycles. The summed E-state index contributed by atoms with van der Waals surface area (Å²) < 4.78 is 44.2. The second-order valence-electron chi connectivity index (χ2n) is 4.85. The standard InChI is InChI=1S/C14H15F3O3/c15-14(16,17)11-4-2-1-3-10(11)12(13(18)19)9-5-7-20-8-6-9/h1-4,9,12H,5-8H2,(H,18,19). The molecule has 0 spiro atoms. The molecule has 2 rings (SSSR count). The minimum Gasteiger partial charge on any atom is -0.481 e. The maximum absolute atomic E-state index is 13.0. The van der Waals surface area contributed by atoms with Gasteiger partial charge in [0.1, 0.15) is 0 Å². The number of carboxylic acids is 1. The number of aliphatic carboxylic acids is 1. The van der Waals surface area contributed by atoms with Gasteiger partial charge in [-0.05, 0) is 30.4 Å². The summed E-state index contributed by atoms with van der Waals surface area (Å²) in [5, 5.41) is 9.36. The van der Waals surface area contributed by atoms with E-state index in [1.807, 2.05) is 0 Å². The van der Waals surface area contributed by atoms with E-state index in [-0.39, 0.29) is 11.5 Å². The van der Waals surface area contributed by atoms with Crippen LogP contribution in [0.1, 0.15) is 29.9 Å². The molecule has 0 saturated carbocycles. The topological polar surface area (TPSA) is 46.5 Å². The Hall–Kier alpha value is -1.56. The van der Waals surface area contributed by atoms with Crippen LogP contribution in [0.25, 0.3) is 0 Å². The Bertz CT molecular complexity index is 479. The second kappa shape index (κ2) is 5.83. The van der Waals surface area contributed by atoms with E-state index in [1.165, 1.54) is 18.2 Å². The normalized spacial score (nSPS) is 18.8. The molecule has 1 N–H and O–H groups in total. The lowest BCUT2D eigenvalue weighted by Crippen LogP contribution is -2.29. The fourth-order valence-corrected chi connectivity index (χ4v) is 2.66. The van der Waals surface area contributed by atoms with Crippen LogP contribution < -0.4 is 0 Å². The molecule has 1 heterocycles. The quantitative estimate of drug-likeness (QED) is 0.928. The van der Waals surface area contributed by atoms with Gasteiger partial charge in [-0.15, -0.1) is 0 Å². The van der Waals surface area contributed by atoms with Crippen LogP contribution in [0.2, 0.25) is 0 Å². The average Bonchev–Trinajstić information content (AvgIpc) is 2.39. The van der Waals surface area contributed by atoms with Crippen LogP contribution in [0.15, 0.2) is 24.3 Å². The number of halogens is 3. The third kappa shape index (κ3) is 3.12. The molecule has 0 bridgehead atoms. The monoisotopic (exact) mass is 288 g/mol. The molecular formula is C14H15F3O3. The van der Waals surface area contributed by atoms with E-state index >= 15 is 0 Å². The minimum absolute atomic E-state index is 0.153. The zero-order chi connectivity index (χ0) is 14.8. The number of benzene rings is 1. The van der Waals surface area contributed by atoms with Crippen LogP contribution >= 0.6 is 0 Å². The highest BCUT2D eigenvalue weighted by Gasteiger charge is 2.39. The third-order valence-electron chi connectivity index (χ3n) is 3.60. The van der Waals surface area contributed by atoms with Gasteiger partial charge in [-0.1, -0.05) is 18.2 Å². The van der Waals surface area contributed by atoms with Crippen molar-refractivity contribution < 1.29 is 27.8 Å². The Labute approximate surface area is 114 Å². The molecule has 1 aromatic rings. The van der Waals surface area contributed by atoms with Gasteiger partial charge in [-0.25, -0.2) is 0 Å². The van der Waals surface area contributed by atoms with Crippen LogP contribution in [-0.4, -0.2) is 24.3 Å². The molecule has 110 valence electrons. The van der Waals surface area contributed by atoms with Crippen molar-refractivity contribution >= 4 is 5.97 Å². The minimum atomic E-state index is -4.55. The Morgan fingerprint density at radius 1 is 1.25 bits per heavy atom. The van der Waals surface area contributed by atoms with Crippen molar-refractivity contribution in [1.82, 2.24) is 0 Å². The summed E-state index contributed by atoms with van der Waals surface area (Å²) in [4.78, 5) is 11.5. The summed E-state index contributed by atoms with van der Waals surface area (Å²) >= 11 is 0. The second-order valence-corrected chi connectivity index (χ2v) is 4.85. The zero-order valence-electron chi connectivity index (χ0n) is 10.7. The van der Waals surface area contributed by atoms with Crippen LogP contribution in [-0.2, 0) is 15.7 Å². The van der Waals surface area contributed by atoms with Gasteiger partial charge in [0.2, 0.25) is 0 Å². The molecule has 6 heteroatoms. The smallest absolute Gasteiger partial charge is 0.416 e. The highest BCUT2D eigenvalue weighted by atomic mass is 19.4. The molecular weight excluding hydrogens is 273 g/mol. The Morgan fingerprint density at radius 3 is 2.40 bits per heavy atom. The molecule has 1 atom stereocenters. The maximum Gasteiger partial charge on any atom is 0.416 e. The van der Waals surface area contributed by atoms with Gasteiger partial charge >= 0.3 is 12.1 Å². The molecule has 1 fully saturated rings. The van der Waals surface area contributed by atoms with Gasteiger partial charge in [0.25, 0.3) is 0 Å². The van der Waals surface area contributed by atoms with Crippen LogP contribution in [0, 0.1) is 5.92 Å². The molecule has 1 aliphatic rings. The summed E-state index contributed by atoms with van der Waals surface area (Å²) in [6.45, 7) is 0.783. The Balaban J connectivity index is 2.42. The van der Waals surface area contributed by atoms with Crippen molar-refractivity contribution in [3.05, 3.63) is 35.4 Å². The van der Waals surface area contributed by atoms with Crippen molar-refractivity contribution in [1.29, 1.82) is 0 Å². The molecule has 1 unspecified atom stereocenters. The predicted molar refractivity (Wildman–Crippen MR) is 65.4 cm³/mol. The highest BCUT2D eigenvalue weighted by Crippen LogP contribution is 2.40. The molecule has 0 radical (unpaired) electrons. The van der Waals surface area contributed by atoms with Gasteiger partial charge in [0.05, 0.1) is 11.5 Å². The number of rotatable bonds is 3. The molecule has 0 aliphatic carbocycles. The average molecular weight is 288 g/mol. The van der Waals surface area contributed by atoms with E-state index in [2.05, 4.69) is 0 Å². The van der Waals surface area contributed by atoms with Crippen molar-refractivity contribution in [2.24, 2.45) is 5.92 Å². The number of ether oxygens (including phenoxy) is 1. The molecule has 1 aliphatic heterocycles. The summed E-state index contributed by atoms with van der Waals surface area (Å²) in [5.41, 5.74) is -1.02. The van der Waals surface area contributed by atoms with E-state index in [0.29, 0.717) is 26.1 Å². The number of hydrogen-bond acceptors (Lipinski definition) is 2. The summed E-state index contributed by atoms with van der Waals surface area (Å²) in [6.07, 6.45) is -3.62. The molecule has 0 amide bonds. The predicted octanol–water partition coefficient (Wildman–Crippen LogP) is 3.30. The summed E-state index contributed by atoms with van der Waals surface area (Å²) in [5.74, 6) is -2.69. The first-order valence-electron chi connectivity index (χ1n) is 6.38. The number of alkyl halides is 3. The van der Waals surface area contributed by atoms with Crippen LogP contribution in [0.5, 0.6) is 0 Å². The van der Waals surface area contributed by atoms with Crippen molar-refractivity contribution in [3.8, 4) is 0 Å². The van der Waals surface area contributed by atoms with Crippen LogP contribution in [0.3, 0.4) is 0 Å². The van der Waals surface area contributed by atoms with E-state index in [0.717, 1.165) is 6.07 Å². The van der Waals surface area contributed by atoms with Gasteiger partial charge in [-0.2, -0.15) is 13.2 Å². The fourth-order valence-electron chi connectivity index (χ4n) is 2.66. The van der Waals surface area contributed by atoms with E-state index in [9.17, 15) is 23.1 Å². The van der Waals surface area contributed by atoms with E-state index in [1.54, 1.807) is 0 Å².